The molecule has 0 aromatic rings. The van der Waals surface area contributed by atoms with E-state index in [-0.39, 0.29) is 31.1 Å². The molecule has 0 aliphatic heterocycles. The van der Waals surface area contributed by atoms with E-state index in [0.29, 0.717) is 19.3 Å². The summed E-state index contributed by atoms with van der Waals surface area (Å²) in [6.45, 7) is 6.47. The van der Waals surface area contributed by atoms with Gasteiger partial charge in [0.15, 0.2) is 6.10 Å². The summed E-state index contributed by atoms with van der Waals surface area (Å²) in [5.74, 6) is -0.892. The minimum atomic E-state index is -0.775. The Morgan fingerprint density at radius 3 is 0.910 bits per heavy atom. The van der Waals surface area contributed by atoms with Gasteiger partial charge in [0.1, 0.15) is 13.2 Å². The largest absolute Gasteiger partial charge is 0.462 e. The molecular weight excluding hydrogens is 829 g/mol. The smallest absolute Gasteiger partial charge is 0.306 e. The predicted octanol–water partition coefficient (Wildman–Crippen LogP) is 19.4. The average Bonchev–Trinajstić information content (AvgIpc) is 3.33. The lowest BCUT2D eigenvalue weighted by atomic mass is 10.0. The van der Waals surface area contributed by atoms with Crippen LogP contribution in [0.15, 0.2) is 48.6 Å². The van der Waals surface area contributed by atoms with Gasteiger partial charge in [0.2, 0.25) is 0 Å². The Kier molecular flexibility index (Phi) is 53.8. The molecule has 0 radical (unpaired) electrons. The number of hydrogen-bond acceptors (Lipinski definition) is 6. The fraction of sp³-hybridized carbons (Fsp3) is 0.820. The first-order valence-electron chi connectivity index (χ1n) is 29.1. The van der Waals surface area contributed by atoms with E-state index >= 15 is 0 Å². The van der Waals surface area contributed by atoms with Gasteiger partial charge in [-0.15, -0.1) is 0 Å². The summed E-state index contributed by atoms with van der Waals surface area (Å²) in [7, 11) is 0. The van der Waals surface area contributed by atoms with Gasteiger partial charge in [-0.25, -0.2) is 0 Å². The zero-order chi connectivity index (χ0) is 48.6. The summed E-state index contributed by atoms with van der Waals surface area (Å²) in [6, 6.07) is 0. The van der Waals surface area contributed by atoms with Gasteiger partial charge in [0.25, 0.3) is 0 Å². The van der Waals surface area contributed by atoms with Crippen molar-refractivity contribution in [2.75, 3.05) is 13.2 Å². The van der Waals surface area contributed by atoms with E-state index in [1.807, 2.05) is 0 Å². The molecule has 6 nitrogen and oxygen atoms in total. The number of unbranched alkanes of at least 4 members (excludes halogenated alkanes) is 34. The van der Waals surface area contributed by atoms with Crippen molar-refractivity contribution in [1.82, 2.24) is 0 Å². The molecule has 0 fully saturated rings. The maximum Gasteiger partial charge on any atom is 0.306 e. The maximum atomic E-state index is 12.8. The first-order valence-corrected chi connectivity index (χ1v) is 29.1. The molecule has 0 bridgehead atoms. The lowest BCUT2D eigenvalue weighted by Crippen LogP contribution is -2.30. The Labute approximate surface area is 416 Å². The highest BCUT2D eigenvalue weighted by molar-refractivity contribution is 5.71. The molecule has 0 heterocycles. The fourth-order valence-electron chi connectivity index (χ4n) is 8.49. The molecular formula is C61H110O6. The zero-order valence-electron chi connectivity index (χ0n) is 44.7. The average molecular weight is 940 g/mol. The van der Waals surface area contributed by atoms with Crippen LogP contribution in [0.25, 0.3) is 0 Å². The SMILES string of the molecule is CC/C=C\C/C=C\C/C=C\C/C=C\CCCCCCCCC(=O)OC(COC(=O)CCCCCCC)COC(=O)CCCCCCCCCCCCCCCCCCCCCCCCCCC. The molecule has 0 rings (SSSR count). The lowest BCUT2D eigenvalue weighted by Gasteiger charge is -2.18. The number of esters is 3. The maximum absolute atomic E-state index is 12.8. The number of hydrogen-bond donors (Lipinski definition) is 0. The molecule has 0 spiro atoms. The topological polar surface area (TPSA) is 78.9 Å². The quantitative estimate of drug-likeness (QED) is 0.0262. The molecule has 0 saturated carbocycles. The highest BCUT2D eigenvalue weighted by Crippen LogP contribution is 2.17. The molecule has 0 aliphatic carbocycles. The molecule has 0 aromatic carbocycles. The second-order valence-electron chi connectivity index (χ2n) is 19.5. The van der Waals surface area contributed by atoms with Crippen molar-refractivity contribution in [2.24, 2.45) is 0 Å². The molecule has 0 saturated heterocycles. The predicted molar refractivity (Wildman–Crippen MR) is 289 cm³/mol. The van der Waals surface area contributed by atoms with Crippen molar-refractivity contribution in [2.45, 2.75) is 309 Å². The Bertz CT molecular complexity index is 1170. The van der Waals surface area contributed by atoms with Gasteiger partial charge in [-0.3, -0.25) is 14.4 Å². The van der Waals surface area contributed by atoms with Gasteiger partial charge < -0.3 is 14.2 Å². The van der Waals surface area contributed by atoms with Crippen molar-refractivity contribution in [3.8, 4) is 0 Å². The molecule has 0 N–H and O–H groups in total. The van der Waals surface area contributed by atoms with Crippen molar-refractivity contribution in [3.05, 3.63) is 48.6 Å². The third-order valence-electron chi connectivity index (χ3n) is 12.8. The van der Waals surface area contributed by atoms with Gasteiger partial charge in [-0.05, 0) is 57.8 Å². The van der Waals surface area contributed by atoms with Gasteiger partial charge in [-0.1, -0.05) is 275 Å². The summed E-state index contributed by atoms with van der Waals surface area (Å²) in [5, 5.41) is 0. The zero-order valence-corrected chi connectivity index (χ0v) is 44.7. The second-order valence-corrected chi connectivity index (χ2v) is 19.5. The van der Waals surface area contributed by atoms with Gasteiger partial charge in [0, 0.05) is 19.3 Å². The fourth-order valence-corrected chi connectivity index (χ4v) is 8.49. The summed E-state index contributed by atoms with van der Waals surface area (Å²) in [5.41, 5.74) is 0. The van der Waals surface area contributed by atoms with Crippen LogP contribution in [0.2, 0.25) is 0 Å². The molecule has 1 unspecified atom stereocenters. The number of ether oxygens (including phenoxy) is 3. The molecule has 0 aromatic heterocycles. The van der Waals surface area contributed by atoms with Crippen LogP contribution in [0.4, 0.5) is 0 Å². The van der Waals surface area contributed by atoms with E-state index < -0.39 is 6.10 Å². The lowest BCUT2D eigenvalue weighted by molar-refractivity contribution is -0.167. The van der Waals surface area contributed by atoms with E-state index in [0.717, 1.165) is 103 Å². The van der Waals surface area contributed by atoms with E-state index in [1.165, 1.54) is 161 Å². The first kappa shape index (κ1) is 64.4. The van der Waals surface area contributed by atoms with E-state index in [2.05, 4.69) is 69.4 Å². The second kappa shape index (κ2) is 56.0. The summed E-state index contributed by atoms with van der Waals surface area (Å²) >= 11 is 0. The first-order chi connectivity index (χ1) is 33.0. The van der Waals surface area contributed by atoms with Crippen molar-refractivity contribution in [1.29, 1.82) is 0 Å². The Balaban J connectivity index is 4.05. The third-order valence-corrected chi connectivity index (χ3v) is 12.8. The van der Waals surface area contributed by atoms with Gasteiger partial charge in [0.05, 0.1) is 0 Å². The van der Waals surface area contributed by atoms with Crippen molar-refractivity contribution >= 4 is 17.9 Å². The van der Waals surface area contributed by atoms with Crippen molar-refractivity contribution in [3.63, 3.8) is 0 Å². The Hall–Kier alpha value is -2.63. The summed E-state index contributed by atoms with van der Waals surface area (Å²) in [6.07, 6.45) is 68.7. The van der Waals surface area contributed by atoms with Gasteiger partial charge in [-0.2, -0.15) is 0 Å². The van der Waals surface area contributed by atoms with Crippen LogP contribution in [-0.4, -0.2) is 37.2 Å². The molecule has 67 heavy (non-hydrogen) atoms. The Morgan fingerprint density at radius 2 is 0.582 bits per heavy atom. The van der Waals surface area contributed by atoms with Crippen LogP contribution >= 0.6 is 0 Å². The van der Waals surface area contributed by atoms with Crippen molar-refractivity contribution < 1.29 is 28.6 Å². The number of carbonyl (C=O) groups is 3. The third kappa shape index (κ3) is 54.2. The van der Waals surface area contributed by atoms with Crippen LogP contribution < -0.4 is 0 Å². The van der Waals surface area contributed by atoms with E-state index in [1.54, 1.807) is 0 Å². The monoisotopic (exact) mass is 939 g/mol. The summed E-state index contributed by atoms with van der Waals surface area (Å²) in [4.78, 5) is 37.8. The highest BCUT2D eigenvalue weighted by Gasteiger charge is 2.19. The van der Waals surface area contributed by atoms with Crippen LogP contribution in [0.1, 0.15) is 303 Å². The molecule has 1 atom stereocenters. The van der Waals surface area contributed by atoms with Crippen LogP contribution in [0, 0.1) is 0 Å². The number of allylic oxidation sites excluding steroid dienone is 8. The summed E-state index contributed by atoms with van der Waals surface area (Å²) < 4.78 is 16.7. The standard InChI is InChI=1S/C61H110O6/c1-4-7-10-13-15-17-19-21-23-25-27-28-29-30-31-32-34-35-37-39-41-43-45-48-51-54-60(63)66-57-58(56-65-59(62)53-50-47-12-9-6-3)67-61(64)55-52-49-46-44-42-40-38-36-33-26-24-22-20-18-16-14-11-8-5-2/h8,11,16,18,22,24,33,36,58H,4-7,9-10,12-15,17,19-21,23,25-32,34-35,37-57H2,1-3H3/b11-8-,18-16-,24-22-,36-33-. The van der Waals surface area contributed by atoms with Crippen LogP contribution in [0.3, 0.4) is 0 Å². The van der Waals surface area contributed by atoms with E-state index in [4.69, 9.17) is 14.2 Å². The normalized spacial score (nSPS) is 12.3. The minimum Gasteiger partial charge on any atom is -0.462 e. The molecule has 390 valence electrons. The van der Waals surface area contributed by atoms with Crippen LogP contribution in [-0.2, 0) is 28.6 Å². The number of carbonyl (C=O) groups excluding carboxylic acids is 3. The molecule has 0 amide bonds. The Morgan fingerprint density at radius 1 is 0.313 bits per heavy atom. The highest BCUT2D eigenvalue weighted by atomic mass is 16.6. The van der Waals surface area contributed by atoms with Crippen LogP contribution in [0.5, 0.6) is 0 Å². The molecule has 0 aliphatic rings. The van der Waals surface area contributed by atoms with E-state index in [9.17, 15) is 14.4 Å². The minimum absolute atomic E-state index is 0.0763. The number of rotatable bonds is 53. The van der Waals surface area contributed by atoms with Gasteiger partial charge >= 0.3 is 17.9 Å². The molecule has 6 heteroatoms.